The van der Waals surface area contributed by atoms with Crippen LogP contribution in [0.2, 0.25) is 0 Å². The van der Waals surface area contributed by atoms with Crippen molar-refractivity contribution in [2.75, 3.05) is 11.9 Å². The molecule has 2 aromatic carbocycles. The van der Waals surface area contributed by atoms with Gasteiger partial charge in [0.2, 0.25) is 11.8 Å². The summed E-state index contributed by atoms with van der Waals surface area (Å²) < 4.78 is 0. The molecule has 1 aliphatic heterocycles. The first-order valence-corrected chi connectivity index (χ1v) is 9.09. The maximum absolute atomic E-state index is 12.3. The molecule has 27 heavy (non-hydrogen) atoms. The Morgan fingerprint density at radius 3 is 2.63 bits per heavy atom. The average Bonchev–Trinajstić information content (AvgIpc) is 2.64. The van der Waals surface area contributed by atoms with E-state index >= 15 is 0 Å². The van der Waals surface area contributed by atoms with Crippen molar-refractivity contribution in [3.63, 3.8) is 0 Å². The molecule has 2 amide bonds. The number of likely N-dealkylation sites (tertiary alicyclic amines) is 1. The van der Waals surface area contributed by atoms with Crippen LogP contribution in [-0.2, 0) is 16.1 Å². The predicted molar refractivity (Wildman–Crippen MR) is 110 cm³/mol. The first-order valence-electron chi connectivity index (χ1n) is 9.09. The molecule has 0 aliphatic carbocycles. The quantitative estimate of drug-likeness (QED) is 0.794. The summed E-state index contributed by atoms with van der Waals surface area (Å²) in [7, 11) is 0. The zero-order chi connectivity index (χ0) is 18.4. The van der Waals surface area contributed by atoms with Crippen LogP contribution in [0.1, 0.15) is 42.9 Å². The summed E-state index contributed by atoms with van der Waals surface area (Å²) in [4.78, 5) is 26.1. The van der Waals surface area contributed by atoms with E-state index in [2.05, 4.69) is 5.32 Å². The van der Waals surface area contributed by atoms with E-state index in [0.29, 0.717) is 13.0 Å². The van der Waals surface area contributed by atoms with Crippen molar-refractivity contribution >= 4 is 29.9 Å². The number of rotatable bonds is 6. The number of hydrogen-bond acceptors (Lipinski definition) is 3. The Labute approximate surface area is 166 Å². The average molecular weight is 388 g/mol. The lowest BCUT2D eigenvalue weighted by Gasteiger charge is -2.26. The molecule has 3 N–H and O–H groups in total. The van der Waals surface area contributed by atoms with Gasteiger partial charge in [0.05, 0.1) is 0 Å². The smallest absolute Gasteiger partial charge is 0.226 e. The van der Waals surface area contributed by atoms with Crippen molar-refractivity contribution in [2.24, 2.45) is 5.73 Å². The zero-order valence-electron chi connectivity index (χ0n) is 15.3. The third-order valence-corrected chi connectivity index (χ3v) is 4.64. The summed E-state index contributed by atoms with van der Waals surface area (Å²) in [5.74, 6) is 0.0899. The second-order valence-electron chi connectivity index (χ2n) is 6.74. The van der Waals surface area contributed by atoms with Gasteiger partial charge in [0.1, 0.15) is 0 Å². The Balaban J connectivity index is 0.00000261. The molecule has 3 rings (SSSR count). The summed E-state index contributed by atoms with van der Waals surface area (Å²) in [5, 5.41) is 2.91. The summed E-state index contributed by atoms with van der Waals surface area (Å²) in [6.45, 7) is 1.40. The molecular weight excluding hydrogens is 362 g/mol. The van der Waals surface area contributed by atoms with Crippen LogP contribution < -0.4 is 11.1 Å². The third kappa shape index (κ3) is 6.08. The van der Waals surface area contributed by atoms with Crippen LogP contribution in [0.15, 0.2) is 54.6 Å². The number of piperidine rings is 1. The second-order valence-corrected chi connectivity index (χ2v) is 6.74. The number of halogens is 1. The Morgan fingerprint density at radius 1 is 1.11 bits per heavy atom. The standard InChI is InChI=1S/C21H25N3O2.ClH/c22-19(17-8-2-1-3-9-17)14-20(25)23-18-10-6-7-16(13-18)15-24-12-5-4-11-21(24)26;/h1-3,6-10,13,19H,4-5,11-12,14-15,22H2,(H,23,25);1H. The van der Waals surface area contributed by atoms with Crippen LogP contribution in [0.5, 0.6) is 0 Å². The number of nitrogens with zero attached hydrogens (tertiary/aromatic N) is 1. The number of anilines is 1. The van der Waals surface area contributed by atoms with Crippen LogP contribution in [0.4, 0.5) is 5.69 Å². The minimum Gasteiger partial charge on any atom is -0.338 e. The van der Waals surface area contributed by atoms with Gasteiger partial charge in [0.15, 0.2) is 0 Å². The fraction of sp³-hybridized carbons (Fsp3) is 0.333. The van der Waals surface area contributed by atoms with Gasteiger partial charge >= 0.3 is 0 Å². The molecule has 0 saturated carbocycles. The number of benzene rings is 2. The monoisotopic (exact) mass is 387 g/mol. The highest BCUT2D eigenvalue weighted by atomic mass is 35.5. The summed E-state index contributed by atoms with van der Waals surface area (Å²) in [5.41, 5.74) is 8.81. The molecule has 0 radical (unpaired) electrons. The maximum atomic E-state index is 12.3. The topological polar surface area (TPSA) is 75.4 Å². The van der Waals surface area contributed by atoms with E-state index in [1.54, 1.807) is 0 Å². The van der Waals surface area contributed by atoms with Crippen molar-refractivity contribution in [1.82, 2.24) is 4.90 Å². The van der Waals surface area contributed by atoms with E-state index in [4.69, 9.17) is 5.73 Å². The lowest BCUT2D eigenvalue weighted by Crippen LogP contribution is -2.34. The van der Waals surface area contributed by atoms with Crippen molar-refractivity contribution in [3.8, 4) is 0 Å². The van der Waals surface area contributed by atoms with Gasteiger partial charge in [-0.25, -0.2) is 0 Å². The fourth-order valence-electron chi connectivity index (χ4n) is 3.23. The molecule has 144 valence electrons. The largest absolute Gasteiger partial charge is 0.338 e. The molecule has 1 unspecified atom stereocenters. The summed E-state index contributed by atoms with van der Waals surface area (Å²) >= 11 is 0. The fourth-order valence-corrected chi connectivity index (χ4v) is 3.23. The molecule has 1 atom stereocenters. The summed E-state index contributed by atoms with van der Waals surface area (Å²) in [6.07, 6.45) is 2.89. The van der Waals surface area contributed by atoms with Crippen molar-refractivity contribution in [2.45, 2.75) is 38.3 Å². The number of carbonyl (C=O) groups excluding carboxylic acids is 2. The van der Waals surface area contributed by atoms with Crippen LogP contribution in [0.25, 0.3) is 0 Å². The second kappa shape index (κ2) is 10.1. The molecule has 0 bridgehead atoms. The third-order valence-electron chi connectivity index (χ3n) is 4.64. The highest BCUT2D eigenvalue weighted by Gasteiger charge is 2.18. The normalized spacial score (nSPS) is 15.0. The Morgan fingerprint density at radius 2 is 1.89 bits per heavy atom. The molecule has 5 nitrogen and oxygen atoms in total. The van der Waals surface area contributed by atoms with Gasteiger partial charge < -0.3 is 16.0 Å². The molecule has 0 spiro atoms. The Bertz CT molecular complexity index is 767. The molecule has 1 heterocycles. The van der Waals surface area contributed by atoms with Gasteiger partial charge in [0, 0.05) is 37.7 Å². The van der Waals surface area contributed by atoms with E-state index in [0.717, 1.165) is 36.2 Å². The van der Waals surface area contributed by atoms with Gasteiger partial charge in [-0.05, 0) is 36.1 Å². The van der Waals surface area contributed by atoms with Gasteiger partial charge in [-0.15, -0.1) is 12.4 Å². The first-order chi connectivity index (χ1) is 12.6. The number of amides is 2. The lowest BCUT2D eigenvalue weighted by molar-refractivity contribution is -0.133. The highest BCUT2D eigenvalue weighted by Crippen LogP contribution is 2.18. The Hall–Kier alpha value is -2.37. The van der Waals surface area contributed by atoms with Gasteiger partial charge in [-0.3, -0.25) is 9.59 Å². The molecule has 2 aromatic rings. The maximum Gasteiger partial charge on any atom is 0.226 e. The van der Waals surface area contributed by atoms with Gasteiger partial charge in [0.25, 0.3) is 0 Å². The van der Waals surface area contributed by atoms with Gasteiger partial charge in [-0.2, -0.15) is 0 Å². The minimum atomic E-state index is -0.328. The number of carbonyl (C=O) groups is 2. The molecule has 1 saturated heterocycles. The van der Waals surface area contributed by atoms with Crippen LogP contribution >= 0.6 is 12.4 Å². The predicted octanol–water partition coefficient (Wildman–Crippen LogP) is 3.65. The number of nitrogens with one attached hydrogen (secondary N) is 1. The van der Waals surface area contributed by atoms with E-state index < -0.39 is 0 Å². The SMILES string of the molecule is Cl.NC(CC(=O)Nc1cccc(CN2CCCCC2=O)c1)c1ccccc1. The van der Waals surface area contributed by atoms with Crippen molar-refractivity contribution < 1.29 is 9.59 Å². The molecular formula is C21H26ClN3O2. The molecule has 6 heteroatoms. The minimum absolute atomic E-state index is 0. The van der Waals surface area contributed by atoms with E-state index in [-0.39, 0.29) is 36.7 Å². The van der Waals surface area contributed by atoms with Crippen LogP contribution in [0.3, 0.4) is 0 Å². The van der Waals surface area contributed by atoms with E-state index in [1.807, 2.05) is 59.5 Å². The van der Waals surface area contributed by atoms with Crippen LogP contribution in [-0.4, -0.2) is 23.3 Å². The highest BCUT2D eigenvalue weighted by molar-refractivity contribution is 5.91. The van der Waals surface area contributed by atoms with E-state index in [9.17, 15) is 9.59 Å². The number of hydrogen-bond donors (Lipinski definition) is 2. The van der Waals surface area contributed by atoms with Gasteiger partial charge in [-0.1, -0.05) is 42.5 Å². The molecule has 1 fully saturated rings. The molecule has 0 aromatic heterocycles. The lowest BCUT2D eigenvalue weighted by atomic mass is 10.0. The van der Waals surface area contributed by atoms with Crippen molar-refractivity contribution in [3.05, 3.63) is 65.7 Å². The summed E-state index contributed by atoms with van der Waals surface area (Å²) in [6, 6.07) is 16.9. The first kappa shape index (κ1) is 20.9. The van der Waals surface area contributed by atoms with Crippen molar-refractivity contribution in [1.29, 1.82) is 0 Å². The van der Waals surface area contributed by atoms with E-state index in [1.165, 1.54) is 0 Å². The molecule has 1 aliphatic rings. The number of nitrogens with two attached hydrogens (primary N) is 1. The van der Waals surface area contributed by atoms with Crippen LogP contribution in [0, 0.1) is 0 Å². The Kier molecular flexibility index (Phi) is 7.82. The zero-order valence-corrected chi connectivity index (χ0v) is 16.1.